The van der Waals surface area contributed by atoms with Gasteiger partial charge in [0.05, 0.1) is 6.20 Å². The number of nitrogens with zero attached hydrogens (tertiary/aromatic N) is 2. The lowest BCUT2D eigenvalue weighted by molar-refractivity contribution is 0.101. The number of hydrogen-bond acceptors (Lipinski definition) is 2. The second-order valence-corrected chi connectivity index (χ2v) is 5.72. The first-order valence-corrected chi connectivity index (χ1v) is 7.40. The Hall–Kier alpha value is -1.62. The molecular weight excluding hydrogens is 318 g/mol. The van der Waals surface area contributed by atoms with E-state index in [1.807, 2.05) is 25.1 Å². The van der Waals surface area contributed by atoms with E-state index in [4.69, 9.17) is 0 Å². The van der Waals surface area contributed by atoms with Crippen LogP contribution < -0.4 is 5.32 Å². The van der Waals surface area contributed by atoms with Gasteiger partial charge in [0.1, 0.15) is 5.69 Å². The van der Waals surface area contributed by atoms with Crippen LogP contribution in [0.1, 0.15) is 35.0 Å². The van der Waals surface area contributed by atoms with Crippen molar-refractivity contribution < 1.29 is 4.79 Å². The maximum Gasteiger partial charge on any atom is 0.274 e. The molecule has 2 aromatic rings. The summed E-state index contributed by atoms with van der Waals surface area (Å²) in [4.78, 5) is 12.4. The Bertz CT molecular complexity index is 634. The minimum Gasteiger partial charge on any atom is -0.320 e. The van der Waals surface area contributed by atoms with E-state index in [9.17, 15) is 4.79 Å². The molecule has 0 aliphatic rings. The molecule has 2 rings (SSSR count). The summed E-state index contributed by atoms with van der Waals surface area (Å²) >= 11 is 3.42. The Kier molecular flexibility index (Phi) is 4.60. The van der Waals surface area contributed by atoms with Crippen molar-refractivity contribution >= 4 is 27.5 Å². The molecule has 5 heteroatoms. The molecule has 106 valence electrons. The zero-order valence-electron chi connectivity index (χ0n) is 11.9. The van der Waals surface area contributed by atoms with Crippen molar-refractivity contribution in [1.29, 1.82) is 0 Å². The molecule has 4 nitrogen and oxygen atoms in total. The molecule has 1 heterocycles. The van der Waals surface area contributed by atoms with Crippen LogP contribution in [0, 0.1) is 6.92 Å². The lowest BCUT2D eigenvalue weighted by Crippen LogP contribution is -2.18. The van der Waals surface area contributed by atoms with Crippen molar-refractivity contribution in [1.82, 2.24) is 9.78 Å². The van der Waals surface area contributed by atoms with Crippen LogP contribution in [0.15, 0.2) is 28.9 Å². The normalized spacial score (nSPS) is 10.6. The van der Waals surface area contributed by atoms with Crippen LogP contribution in [0.5, 0.6) is 0 Å². The summed E-state index contributed by atoms with van der Waals surface area (Å²) in [6.45, 7) is 4.06. The Morgan fingerprint density at radius 1 is 1.45 bits per heavy atom. The van der Waals surface area contributed by atoms with Gasteiger partial charge in [-0.1, -0.05) is 29.3 Å². The molecule has 1 N–H and O–H groups in total. The van der Waals surface area contributed by atoms with E-state index in [0.29, 0.717) is 5.69 Å². The molecule has 0 fully saturated rings. The first-order valence-electron chi connectivity index (χ1n) is 6.61. The van der Waals surface area contributed by atoms with Gasteiger partial charge in [-0.3, -0.25) is 9.48 Å². The van der Waals surface area contributed by atoms with Gasteiger partial charge in [0.15, 0.2) is 0 Å². The lowest BCUT2D eigenvalue weighted by Gasteiger charge is -2.10. The highest BCUT2D eigenvalue weighted by atomic mass is 79.9. The van der Waals surface area contributed by atoms with Crippen molar-refractivity contribution in [3.63, 3.8) is 0 Å². The fourth-order valence-electron chi connectivity index (χ4n) is 2.18. The molecule has 0 aliphatic heterocycles. The Labute approximate surface area is 127 Å². The second-order valence-electron chi connectivity index (χ2n) is 4.81. The van der Waals surface area contributed by atoms with Crippen LogP contribution >= 0.6 is 15.9 Å². The number of amides is 1. The summed E-state index contributed by atoms with van der Waals surface area (Å²) in [5.74, 6) is -0.112. The number of benzene rings is 1. The van der Waals surface area contributed by atoms with Gasteiger partial charge in [0.2, 0.25) is 0 Å². The van der Waals surface area contributed by atoms with E-state index in [2.05, 4.69) is 33.3 Å². The van der Waals surface area contributed by atoms with Crippen LogP contribution in [0.3, 0.4) is 0 Å². The number of halogens is 1. The van der Waals surface area contributed by atoms with Crippen LogP contribution in [0.2, 0.25) is 0 Å². The van der Waals surface area contributed by atoms with Crippen molar-refractivity contribution in [3.05, 3.63) is 45.7 Å². The highest BCUT2D eigenvalue weighted by Gasteiger charge is 2.17. The Morgan fingerprint density at radius 3 is 2.85 bits per heavy atom. The van der Waals surface area contributed by atoms with Gasteiger partial charge in [-0.15, -0.1) is 0 Å². The molecule has 0 spiro atoms. The number of aryl methyl sites for hydroxylation is 3. The molecule has 0 saturated heterocycles. The highest BCUT2D eigenvalue weighted by molar-refractivity contribution is 9.10. The fraction of sp³-hybridized carbons (Fsp3) is 0.333. The number of nitrogens with one attached hydrogen (secondary N) is 1. The first-order chi connectivity index (χ1) is 9.52. The first kappa shape index (κ1) is 14.8. The lowest BCUT2D eigenvalue weighted by atomic mass is 10.1. The van der Waals surface area contributed by atoms with Crippen molar-refractivity contribution in [2.75, 3.05) is 5.32 Å². The number of carbonyl (C=O) groups excluding carboxylic acids is 1. The third-order valence-electron chi connectivity index (χ3n) is 3.19. The zero-order valence-corrected chi connectivity index (χ0v) is 13.5. The summed E-state index contributed by atoms with van der Waals surface area (Å²) < 4.78 is 2.63. The highest BCUT2D eigenvalue weighted by Crippen LogP contribution is 2.21. The number of hydrogen-bond donors (Lipinski definition) is 1. The van der Waals surface area contributed by atoms with E-state index in [1.165, 1.54) is 0 Å². The van der Waals surface area contributed by atoms with Crippen LogP contribution in [-0.2, 0) is 13.5 Å². The molecule has 1 aromatic carbocycles. The van der Waals surface area contributed by atoms with Crippen molar-refractivity contribution in [2.45, 2.75) is 26.7 Å². The van der Waals surface area contributed by atoms with Gasteiger partial charge in [-0.05, 0) is 37.1 Å². The van der Waals surface area contributed by atoms with E-state index >= 15 is 0 Å². The van der Waals surface area contributed by atoms with Gasteiger partial charge < -0.3 is 5.32 Å². The smallest absolute Gasteiger partial charge is 0.274 e. The summed E-state index contributed by atoms with van der Waals surface area (Å²) in [7, 11) is 1.79. The largest absolute Gasteiger partial charge is 0.320 e. The minimum absolute atomic E-state index is 0.112. The monoisotopic (exact) mass is 335 g/mol. The molecule has 1 aromatic heterocycles. The standard InChI is InChI=1S/C15H18BrN3O/c1-4-5-11-9-17-19(3)14(11)15(20)18-13-7-6-12(16)8-10(13)2/h6-9H,4-5H2,1-3H3,(H,18,20). The van der Waals surface area contributed by atoms with Crippen LogP contribution in [0.25, 0.3) is 0 Å². The third-order valence-corrected chi connectivity index (χ3v) is 3.68. The predicted octanol–water partition coefficient (Wildman–Crippen LogP) is 3.70. The maximum absolute atomic E-state index is 12.4. The Balaban J connectivity index is 2.26. The fourth-order valence-corrected chi connectivity index (χ4v) is 2.65. The van der Waals surface area contributed by atoms with E-state index in [1.54, 1.807) is 17.9 Å². The van der Waals surface area contributed by atoms with Gasteiger partial charge in [-0.25, -0.2) is 0 Å². The quantitative estimate of drug-likeness (QED) is 0.925. The molecule has 0 saturated carbocycles. The van der Waals surface area contributed by atoms with Gasteiger partial charge >= 0.3 is 0 Å². The number of rotatable bonds is 4. The SMILES string of the molecule is CCCc1cnn(C)c1C(=O)Nc1ccc(Br)cc1C. The number of anilines is 1. The predicted molar refractivity (Wildman–Crippen MR) is 84.0 cm³/mol. The van der Waals surface area contributed by atoms with Gasteiger partial charge in [0.25, 0.3) is 5.91 Å². The van der Waals surface area contributed by atoms with Crippen molar-refractivity contribution in [2.24, 2.45) is 7.05 Å². The van der Waals surface area contributed by atoms with E-state index in [-0.39, 0.29) is 5.91 Å². The number of carbonyl (C=O) groups is 1. The summed E-state index contributed by atoms with van der Waals surface area (Å²) in [5, 5.41) is 7.14. The summed E-state index contributed by atoms with van der Waals surface area (Å²) in [5.41, 5.74) is 3.46. The Morgan fingerprint density at radius 2 is 2.20 bits per heavy atom. The molecule has 0 aliphatic carbocycles. The molecular formula is C15H18BrN3O. The molecule has 20 heavy (non-hydrogen) atoms. The minimum atomic E-state index is -0.112. The summed E-state index contributed by atoms with van der Waals surface area (Å²) in [6, 6.07) is 5.79. The zero-order chi connectivity index (χ0) is 14.7. The number of aromatic nitrogens is 2. The second kappa shape index (κ2) is 6.22. The average molecular weight is 336 g/mol. The van der Waals surface area contributed by atoms with E-state index in [0.717, 1.165) is 34.1 Å². The topological polar surface area (TPSA) is 46.9 Å². The summed E-state index contributed by atoms with van der Waals surface area (Å²) in [6.07, 6.45) is 3.62. The van der Waals surface area contributed by atoms with Crippen LogP contribution in [-0.4, -0.2) is 15.7 Å². The third kappa shape index (κ3) is 3.10. The van der Waals surface area contributed by atoms with E-state index < -0.39 is 0 Å². The molecule has 1 amide bonds. The van der Waals surface area contributed by atoms with Gasteiger partial charge in [-0.2, -0.15) is 5.10 Å². The molecule has 0 radical (unpaired) electrons. The van der Waals surface area contributed by atoms with Crippen LogP contribution in [0.4, 0.5) is 5.69 Å². The average Bonchev–Trinajstić information content (AvgIpc) is 2.74. The molecule has 0 unspecified atom stereocenters. The molecule has 0 atom stereocenters. The van der Waals surface area contributed by atoms with Crippen molar-refractivity contribution in [3.8, 4) is 0 Å². The van der Waals surface area contributed by atoms with Gasteiger partial charge in [0, 0.05) is 22.8 Å². The maximum atomic E-state index is 12.4. The molecule has 0 bridgehead atoms.